The molecule has 22 nitrogen and oxygen atoms in total. The standard InChI is InChI=1S/C49H66N10O10S2.C18H19NOS/c1-28(61)39(25-60)56-48(68)41-27-71-70-26-40(57-43(63)34(51)21-30-13-5-3-6-14-30)47(67)54-37(22-31-15-7-4-8-16-31)45(65)55-38(23-32-24-52-35-18-10-9-17-33(32)35)46(66)53-36(19-11-12-20-50)44(64)59-42(29(2)62)49(69)58-41;1-19-12-11-17(18-10-5-13-21-18)20-16-9-4-7-14-6-2-3-8-15(14)16/h3-10,13-18,24,28-29,34,36-42,52,60-62H,11-12,19-23,25-27,50-51H2,1-2H3,(H,53,66)(H,54,67)(H,55,65)(H,56,68)(H,57,63)(H,58,69)(H,59,64);2-10,13,17,19H,11-12H2,1H3/t28-,29?,34-,36+,37+,38-,39-,40+,41+,42+;17-/m10/s1. The predicted molar refractivity (Wildman–Crippen MR) is 362 cm³/mol. The molecule has 0 bridgehead atoms. The molecule has 1 unspecified atom stereocenters. The third-order valence-electron chi connectivity index (χ3n) is 15.4. The number of aromatic amines is 1. The second kappa shape index (κ2) is 37.0. The highest BCUT2D eigenvalue weighted by atomic mass is 33.1. The fourth-order valence-corrected chi connectivity index (χ4v) is 13.3. The molecular formula is C67H85N11O11S3. The number of carbonyl (C=O) groups excluding carboxylic acids is 7. The highest BCUT2D eigenvalue weighted by Gasteiger charge is 2.37. The van der Waals surface area contributed by atoms with Crippen LogP contribution >= 0.6 is 32.9 Å². The minimum absolute atomic E-state index is 0.0340. The molecule has 7 amide bonds. The zero-order valence-electron chi connectivity index (χ0n) is 51.8. The number of aliphatic hydroxyl groups is 3. The number of hydrogen-bond acceptors (Lipinski definition) is 17. The first kappa shape index (κ1) is 71.6. The van der Waals surface area contributed by atoms with Crippen LogP contribution in [0.2, 0.25) is 0 Å². The lowest BCUT2D eigenvalue weighted by Gasteiger charge is -2.29. The smallest absolute Gasteiger partial charge is 0.245 e. The van der Waals surface area contributed by atoms with Crippen molar-refractivity contribution in [1.82, 2.24) is 47.5 Å². The SMILES string of the molecule is CC(O)[C@@H]1NC(=O)[C@H](CCCCN)NC(=O)[C@@H](Cc2c[nH]c3ccccc23)NC(=O)[C@H](Cc2ccccc2)NC(=O)[C@@H](NC(=O)[C@H](N)Cc2ccccc2)CSSC[C@@H](C(=O)N[C@H](CO)[C@@H](C)O)NC1=O.CNCC[C@H](Oc1cccc2ccccc12)c1cccs1. The summed E-state index contributed by atoms with van der Waals surface area (Å²) in [4.78, 5) is 104. The third-order valence-corrected chi connectivity index (χ3v) is 18.8. The molecule has 0 spiro atoms. The molecule has 1 fully saturated rings. The number of rotatable bonds is 23. The lowest BCUT2D eigenvalue weighted by Crippen LogP contribution is -2.62. The number of nitrogens with two attached hydrogens (primary N) is 2. The number of amides is 7. The van der Waals surface area contributed by atoms with Crippen LogP contribution in [0.15, 0.2) is 151 Å². The maximum absolute atomic E-state index is 14.7. The zero-order chi connectivity index (χ0) is 65.9. The minimum atomic E-state index is -1.66. The van der Waals surface area contributed by atoms with Crippen molar-refractivity contribution >= 4 is 96.0 Å². The number of nitrogens with one attached hydrogen (secondary N) is 9. The first-order chi connectivity index (χ1) is 44.5. The monoisotopic (exact) mass is 1320 g/mol. The van der Waals surface area contributed by atoms with Crippen molar-refractivity contribution in [1.29, 1.82) is 0 Å². The Bertz CT molecular complexity index is 3470. The van der Waals surface area contributed by atoms with Gasteiger partial charge >= 0.3 is 0 Å². The Kier molecular flexibility index (Phi) is 28.8. The molecule has 3 heterocycles. The van der Waals surface area contributed by atoms with E-state index < -0.39 is 108 Å². The van der Waals surface area contributed by atoms with Crippen LogP contribution < -0.4 is 58.7 Å². The third kappa shape index (κ3) is 21.6. The van der Waals surface area contributed by atoms with Crippen LogP contribution in [0.25, 0.3) is 21.7 Å². The van der Waals surface area contributed by atoms with Gasteiger partial charge < -0.3 is 79.0 Å². The van der Waals surface area contributed by atoms with E-state index in [4.69, 9.17) is 16.2 Å². The van der Waals surface area contributed by atoms with E-state index in [1.807, 2.05) is 37.4 Å². The molecule has 11 atom stereocenters. The van der Waals surface area contributed by atoms with Crippen LogP contribution in [-0.4, -0.2) is 160 Å². The van der Waals surface area contributed by atoms with E-state index in [9.17, 15) is 48.9 Å². The van der Waals surface area contributed by atoms with Crippen molar-refractivity contribution in [2.24, 2.45) is 11.5 Å². The van der Waals surface area contributed by atoms with Gasteiger partial charge in [-0.05, 0) is 105 Å². The number of carbonyl (C=O) groups is 7. The summed E-state index contributed by atoms with van der Waals surface area (Å²) in [6.07, 6.45) is 0.903. The summed E-state index contributed by atoms with van der Waals surface area (Å²) in [5, 5.41) is 58.2. The number of thiophene rings is 1. The van der Waals surface area contributed by atoms with Gasteiger partial charge in [0.1, 0.15) is 48.1 Å². The molecule has 0 aliphatic carbocycles. The molecular weight excluding hydrogens is 1230 g/mol. The predicted octanol–water partition coefficient (Wildman–Crippen LogP) is 3.83. The number of hydrogen-bond donors (Lipinski definition) is 14. The van der Waals surface area contributed by atoms with Crippen LogP contribution in [0.3, 0.4) is 0 Å². The van der Waals surface area contributed by atoms with E-state index in [-0.39, 0.29) is 49.8 Å². The Morgan fingerprint density at radius 2 is 1.32 bits per heavy atom. The number of fused-ring (bicyclic) bond motifs is 2. The number of para-hydroxylation sites is 1. The van der Waals surface area contributed by atoms with Crippen molar-refractivity contribution in [3.63, 3.8) is 0 Å². The van der Waals surface area contributed by atoms with Crippen LogP contribution in [0, 0.1) is 0 Å². The summed E-state index contributed by atoms with van der Waals surface area (Å²) >= 11 is 1.75. The lowest BCUT2D eigenvalue weighted by atomic mass is 10.0. The molecule has 2 aromatic heterocycles. The highest BCUT2D eigenvalue weighted by Crippen LogP contribution is 2.33. The normalized spacial score (nSPS) is 20.5. The number of H-pyrrole nitrogens is 1. The zero-order valence-corrected chi connectivity index (χ0v) is 54.2. The van der Waals surface area contributed by atoms with Gasteiger partial charge in [-0.1, -0.05) is 143 Å². The molecule has 25 heteroatoms. The van der Waals surface area contributed by atoms with Gasteiger partial charge in [-0.25, -0.2) is 0 Å². The number of aromatic nitrogens is 1. The number of ether oxygens (including phenoxy) is 1. The summed E-state index contributed by atoms with van der Waals surface area (Å²) in [6, 6.07) is 33.4. The van der Waals surface area contributed by atoms with Crippen molar-refractivity contribution < 1.29 is 53.6 Å². The van der Waals surface area contributed by atoms with Gasteiger partial charge in [0, 0.05) is 58.1 Å². The minimum Gasteiger partial charge on any atom is -0.484 e. The maximum atomic E-state index is 14.7. The van der Waals surface area contributed by atoms with Crippen LogP contribution in [0.1, 0.15) is 67.2 Å². The summed E-state index contributed by atoms with van der Waals surface area (Å²) in [6.45, 7) is 3.16. The molecule has 8 rings (SSSR count). The van der Waals surface area contributed by atoms with Gasteiger partial charge in [-0.3, -0.25) is 33.6 Å². The van der Waals surface area contributed by atoms with Crippen molar-refractivity contribution in [2.75, 3.05) is 38.2 Å². The first-order valence-corrected chi connectivity index (χ1v) is 34.1. The second-order valence-corrected chi connectivity index (χ2v) is 26.0. The Hall–Kier alpha value is -7.85. The average Bonchev–Trinajstić information content (AvgIpc) is 1.58. The Morgan fingerprint density at radius 1 is 0.685 bits per heavy atom. The van der Waals surface area contributed by atoms with Gasteiger partial charge in [0.15, 0.2) is 0 Å². The molecule has 92 heavy (non-hydrogen) atoms. The molecule has 5 aromatic carbocycles. The first-order valence-electron chi connectivity index (χ1n) is 30.7. The van der Waals surface area contributed by atoms with E-state index in [0.29, 0.717) is 24.0 Å². The second-order valence-electron chi connectivity index (χ2n) is 22.5. The summed E-state index contributed by atoms with van der Waals surface area (Å²) in [5.74, 6) is -5.05. The van der Waals surface area contributed by atoms with E-state index in [2.05, 4.69) is 107 Å². The largest absolute Gasteiger partial charge is 0.484 e. The molecule has 492 valence electrons. The summed E-state index contributed by atoms with van der Waals surface area (Å²) in [7, 11) is 4.03. The fraction of sp³-hybridized carbons (Fsp3) is 0.388. The van der Waals surface area contributed by atoms with E-state index in [1.54, 1.807) is 72.1 Å². The van der Waals surface area contributed by atoms with Crippen molar-refractivity contribution in [2.45, 2.75) is 125 Å². The van der Waals surface area contributed by atoms with Gasteiger partial charge in [-0.15, -0.1) is 11.3 Å². The molecule has 16 N–H and O–H groups in total. The van der Waals surface area contributed by atoms with Crippen LogP contribution in [0.4, 0.5) is 0 Å². The van der Waals surface area contributed by atoms with E-state index in [0.717, 1.165) is 56.8 Å². The van der Waals surface area contributed by atoms with Crippen molar-refractivity contribution in [3.05, 3.63) is 173 Å². The molecule has 1 aliphatic rings. The summed E-state index contributed by atoms with van der Waals surface area (Å²) < 4.78 is 6.34. The van der Waals surface area contributed by atoms with Gasteiger partial charge in [0.2, 0.25) is 41.4 Å². The Morgan fingerprint density at radius 3 is 1.99 bits per heavy atom. The number of unbranched alkanes of at least 4 members (excludes halogenated alkanes) is 1. The number of benzene rings is 5. The van der Waals surface area contributed by atoms with Crippen molar-refractivity contribution in [3.8, 4) is 5.75 Å². The summed E-state index contributed by atoms with van der Waals surface area (Å²) in [5.41, 5.74) is 15.0. The topological polar surface area (TPSA) is 353 Å². The van der Waals surface area contributed by atoms with E-state index >= 15 is 0 Å². The number of aliphatic hydroxyl groups excluding tert-OH is 3. The average molecular weight is 1320 g/mol. The Balaban J connectivity index is 0.000000477. The fourth-order valence-electron chi connectivity index (χ4n) is 10.2. The molecule has 7 aromatic rings. The van der Waals surface area contributed by atoms with Gasteiger partial charge in [-0.2, -0.15) is 0 Å². The van der Waals surface area contributed by atoms with Crippen LogP contribution in [-0.2, 0) is 52.8 Å². The Labute approximate surface area is 547 Å². The highest BCUT2D eigenvalue weighted by molar-refractivity contribution is 8.76. The van der Waals surface area contributed by atoms with Crippen LogP contribution in [0.5, 0.6) is 5.75 Å². The molecule has 0 saturated carbocycles. The van der Waals surface area contributed by atoms with E-state index in [1.165, 1.54) is 29.5 Å². The van der Waals surface area contributed by atoms with Gasteiger partial charge in [0.05, 0.1) is 30.9 Å². The maximum Gasteiger partial charge on any atom is 0.245 e. The molecule has 1 aliphatic heterocycles. The lowest BCUT2D eigenvalue weighted by molar-refractivity contribution is -0.136. The quantitative estimate of drug-likeness (QED) is 0.0320. The van der Waals surface area contributed by atoms with Gasteiger partial charge in [0.25, 0.3) is 0 Å². The molecule has 1 saturated heterocycles. The molecule has 0 radical (unpaired) electrons.